The van der Waals surface area contributed by atoms with Gasteiger partial charge >= 0.3 is 0 Å². The first kappa shape index (κ1) is 18.7. The Morgan fingerprint density at radius 3 is 2.78 bits per heavy atom. The molecule has 0 saturated heterocycles. The topological polar surface area (TPSA) is 83.4 Å². The minimum Gasteiger partial charge on any atom is -0.322 e. The second-order valence-electron chi connectivity index (χ2n) is 6.39. The van der Waals surface area contributed by atoms with Gasteiger partial charge in [-0.25, -0.2) is 10.4 Å². The predicted octanol–water partition coefficient (Wildman–Crippen LogP) is 3.29. The fraction of sp³-hybridized carbons (Fsp3) is 0.300. The first-order valence-electron chi connectivity index (χ1n) is 8.94. The Labute approximate surface area is 156 Å². The van der Waals surface area contributed by atoms with Crippen LogP contribution >= 0.6 is 0 Å². The molecule has 3 rings (SSSR count). The molecule has 0 spiro atoms. The van der Waals surface area contributed by atoms with Crippen molar-refractivity contribution in [2.24, 2.45) is 11.0 Å². The van der Waals surface area contributed by atoms with E-state index in [1.165, 1.54) is 12.3 Å². The highest BCUT2D eigenvalue weighted by molar-refractivity contribution is 6.08. The van der Waals surface area contributed by atoms with Gasteiger partial charge in [-0.15, -0.1) is 0 Å². The zero-order valence-electron chi connectivity index (χ0n) is 15.3. The van der Waals surface area contributed by atoms with Crippen LogP contribution < -0.4 is 10.7 Å². The van der Waals surface area contributed by atoms with Crippen LogP contribution in [-0.2, 0) is 11.2 Å². The van der Waals surface area contributed by atoms with Crippen molar-refractivity contribution >= 4 is 23.2 Å². The number of benzene rings is 1. The van der Waals surface area contributed by atoms with Crippen molar-refractivity contribution in [3.05, 3.63) is 59.2 Å². The lowest BCUT2D eigenvalue weighted by molar-refractivity contribution is -0.122. The van der Waals surface area contributed by atoms with E-state index in [1.807, 2.05) is 26.0 Å². The number of hydrazone groups is 1. The highest BCUT2D eigenvalue weighted by Crippen LogP contribution is 2.25. The van der Waals surface area contributed by atoms with Crippen molar-refractivity contribution in [3.63, 3.8) is 0 Å². The largest absolute Gasteiger partial charge is 0.322 e. The molecule has 140 valence electrons. The number of aromatic nitrogens is 1. The number of anilines is 1. The molecule has 2 amide bonds. The summed E-state index contributed by atoms with van der Waals surface area (Å²) in [6.45, 7) is 4.06. The molecule has 1 atom stereocenters. The summed E-state index contributed by atoms with van der Waals surface area (Å²) in [5, 5.41) is 7.08. The van der Waals surface area contributed by atoms with Gasteiger partial charge in [0.15, 0.2) is 0 Å². The van der Waals surface area contributed by atoms with Crippen molar-refractivity contribution in [2.45, 2.75) is 33.1 Å². The maximum absolute atomic E-state index is 12.9. The van der Waals surface area contributed by atoms with Gasteiger partial charge in [-0.1, -0.05) is 19.9 Å². The third kappa shape index (κ3) is 4.19. The Morgan fingerprint density at radius 1 is 1.30 bits per heavy atom. The van der Waals surface area contributed by atoms with Gasteiger partial charge in [-0.2, -0.15) is 9.49 Å². The fourth-order valence-corrected chi connectivity index (χ4v) is 3.13. The van der Waals surface area contributed by atoms with Crippen LogP contribution in [0.4, 0.5) is 10.1 Å². The molecule has 1 aliphatic heterocycles. The average Bonchev–Trinajstić information content (AvgIpc) is 2.68. The van der Waals surface area contributed by atoms with Gasteiger partial charge in [-0.05, 0) is 42.7 Å². The van der Waals surface area contributed by atoms with Crippen LogP contribution in [0.1, 0.15) is 48.2 Å². The van der Waals surface area contributed by atoms with Crippen molar-refractivity contribution in [2.75, 3.05) is 5.32 Å². The third-order valence-electron chi connectivity index (χ3n) is 4.62. The quantitative estimate of drug-likeness (QED) is 0.795. The number of carbonyl (C=O) groups excluding carboxylic acids is 2. The van der Waals surface area contributed by atoms with Crippen molar-refractivity contribution in [1.29, 1.82) is 0 Å². The molecule has 0 saturated carbocycles. The summed E-state index contributed by atoms with van der Waals surface area (Å²) in [7, 11) is 0. The molecule has 0 radical (unpaired) electrons. The summed E-state index contributed by atoms with van der Waals surface area (Å²) in [4.78, 5) is 27.4. The van der Waals surface area contributed by atoms with Gasteiger partial charge in [0.1, 0.15) is 0 Å². The number of amides is 2. The Kier molecular flexibility index (Phi) is 5.59. The van der Waals surface area contributed by atoms with Crippen molar-refractivity contribution in [1.82, 2.24) is 10.4 Å². The maximum atomic E-state index is 12.9. The molecule has 0 bridgehead atoms. The Balaban J connectivity index is 1.85. The molecule has 0 fully saturated rings. The average molecular weight is 368 g/mol. The number of pyridine rings is 1. The summed E-state index contributed by atoms with van der Waals surface area (Å²) < 4.78 is 12.9. The molecule has 2 aromatic rings. The van der Waals surface area contributed by atoms with Crippen LogP contribution in [0.3, 0.4) is 0 Å². The van der Waals surface area contributed by atoms with E-state index >= 15 is 0 Å². The number of carbonyl (C=O) groups is 2. The number of hydrogen-bond donors (Lipinski definition) is 2. The zero-order valence-corrected chi connectivity index (χ0v) is 15.3. The lowest BCUT2D eigenvalue weighted by Crippen LogP contribution is -2.33. The molecule has 27 heavy (non-hydrogen) atoms. The summed E-state index contributed by atoms with van der Waals surface area (Å²) in [6, 6.07) is 8.15. The molecule has 2 N–H and O–H groups in total. The van der Waals surface area contributed by atoms with Gasteiger partial charge in [-0.3, -0.25) is 9.59 Å². The lowest BCUT2D eigenvalue weighted by Gasteiger charge is -2.23. The Bertz CT molecular complexity index is 893. The zero-order chi connectivity index (χ0) is 19.4. The highest BCUT2D eigenvalue weighted by Gasteiger charge is 2.25. The maximum Gasteiger partial charge on any atom is 0.257 e. The molecular weight excluding hydrogens is 347 g/mol. The number of nitrogens with one attached hydrogen (secondary N) is 2. The number of rotatable bonds is 5. The first-order valence-corrected chi connectivity index (χ1v) is 8.94. The van der Waals surface area contributed by atoms with E-state index in [2.05, 4.69) is 20.8 Å². The second-order valence-corrected chi connectivity index (χ2v) is 6.39. The molecule has 1 aromatic carbocycles. The summed E-state index contributed by atoms with van der Waals surface area (Å²) in [5.74, 6) is -0.976. The van der Waals surface area contributed by atoms with Crippen LogP contribution in [0.25, 0.3) is 0 Å². The predicted molar refractivity (Wildman–Crippen MR) is 101 cm³/mol. The van der Waals surface area contributed by atoms with E-state index in [9.17, 15) is 14.0 Å². The second kappa shape index (κ2) is 8.07. The first-order chi connectivity index (χ1) is 13.0. The van der Waals surface area contributed by atoms with E-state index in [0.29, 0.717) is 12.1 Å². The van der Waals surface area contributed by atoms with Crippen LogP contribution in [0.15, 0.2) is 41.6 Å². The molecular formula is C20H21FN4O2. The lowest BCUT2D eigenvalue weighted by atomic mass is 9.87. The molecule has 1 unspecified atom stereocenters. The summed E-state index contributed by atoms with van der Waals surface area (Å²) in [5.41, 5.74) is 6.35. The molecule has 2 heterocycles. The van der Waals surface area contributed by atoms with E-state index in [0.717, 1.165) is 35.7 Å². The van der Waals surface area contributed by atoms with Crippen LogP contribution in [-0.4, -0.2) is 22.5 Å². The van der Waals surface area contributed by atoms with Gasteiger partial charge in [0.25, 0.3) is 5.91 Å². The highest BCUT2D eigenvalue weighted by atomic mass is 19.1. The van der Waals surface area contributed by atoms with E-state index in [-0.39, 0.29) is 23.3 Å². The summed E-state index contributed by atoms with van der Waals surface area (Å²) in [6.07, 6.45) is 3.20. The minimum absolute atomic E-state index is 0.0690. The van der Waals surface area contributed by atoms with Gasteiger partial charge < -0.3 is 5.32 Å². The Hall–Kier alpha value is -3.09. The minimum atomic E-state index is -0.630. The number of nitrogens with zero attached hydrogens (tertiary/aromatic N) is 2. The number of hydrogen-bond acceptors (Lipinski definition) is 4. The van der Waals surface area contributed by atoms with Crippen LogP contribution in [0.2, 0.25) is 0 Å². The summed E-state index contributed by atoms with van der Waals surface area (Å²) >= 11 is 0. The standard InChI is InChI=1S/C20H21FN4O2/c1-3-12-9-15(23-20(27)14-5-8-17(21)22-11-14)6-7-16(12)19-13(4-2)10-18(26)24-25-19/h5-9,11,13H,3-4,10H2,1-2H3,(H,23,27)(H,24,26). The SMILES string of the molecule is CCc1cc(NC(=O)c2ccc(F)nc2)ccc1C1=NNC(=O)CC1CC. The number of aryl methyl sites for hydroxylation is 1. The van der Waals surface area contributed by atoms with E-state index in [1.54, 1.807) is 6.07 Å². The van der Waals surface area contributed by atoms with Crippen molar-refractivity contribution < 1.29 is 14.0 Å². The molecule has 6 nitrogen and oxygen atoms in total. The van der Waals surface area contributed by atoms with Crippen molar-refractivity contribution in [3.8, 4) is 0 Å². The Morgan fingerprint density at radius 2 is 2.11 bits per heavy atom. The van der Waals surface area contributed by atoms with Gasteiger partial charge in [0.05, 0.1) is 11.3 Å². The van der Waals surface area contributed by atoms with E-state index < -0.39 is 5.95 Å². The monoisotopic (exact) mass is 368 g/mol. The van der Waals surface area contributed by atoms with Crippen LogP contribution in [0.5, 0.6) is 0 Å². The number of halogens is 1. The molecule has 1 aliphatic rings. The molecule has 0 aliphatic carbocycles. The van der Waals surface area contributed by atoms with Gasteiger partial charge in [0.2, 0.25) is 11.9 Å². The molecule has 1 aromatic heterocycles. The molecule has 7 heteroatoms. The van der Waals surface area contributed by atoms with Gasteiger partial charge in [0, 0.05) is 29.8 Å². The third-order valence-corrected chi connectivity index (χ3v) is 4.62. The smallest absolute Gasteiger partial charge is 0.257 e. The van der Waals surface area contributed by atoms with E-state index in [4.69, 9.17) is 0 Å². The fourth-order valence-electron chi connectivity index (χ4n) is 3.13. The van der Waals surface area contributed by atoms with Crippen LogP contribution in [0, 0.1) is 11.9 Å². The normalized spacial score (nSPS) is 16.5.